The van der Waals surface area contributed by atoms with Gasteiger partial charge in [-0.2, -0.15) is 0 Å². The van der Waals surface area contributed by atoms with Crippen LogP contribution in [-0.2, 0) is 10.0 Å². The fraction of sp³-hybridized carbons (Fsp3) is 0.0526. The highest BCUT2D eigenvalue weighted by Crippen LogP contribution is 2.28. The van der Waals surface area contributed by atoms with Crippen LogP contribution in [-0.4, -0.2) is 30.5 Å². The molecule has 0 saturated heterocycles. The maximum atomic E-state index is 12.7. The smallest absolute Gasteiger partial charge is 0.263 e. The number of nitrogens with zero attached hydrogens (tertiary/aromatic N) is 2. The molecule has 0 saturated carbocycles. The predicted octanol–water partition coefficient (Wildman–Crippen LogP) is 3.43. The van der Waals surface area contributed by atoms with E-state index in [2.05, 4.69) is 19.7 Å². The van der Waals surface area contributed by atoms with Gasteiger partial charge in [-0.15, -0.1) is 0 Å². The number of benzene rings is 2. The van der Waals surface area contributed by atoms with Crippen molar-refractivity contribution < 1.29 is 13.2 Å². The Balaban J connectivity index is 1.72. The van der Waals surface area contributed by atoms with Crippen LogP contribution in [0.1, 0.15) is 0 Å². The quantitative estimate of drug-likeness (QED) is 0.553. The molecular formula is C19H16N4O3S. The predicted molar refractivity (Wildman–Crippen MR) is 103 cm³/mol. The van der Waals surface area contributed by atoms with Crippen molar-refractivity contribution in [2.24, 2.45) is 0 Å². The van der Waals surface area contributed by atoms with Crippen molar-refractivity contribution in [2.45, 2.75) is 4.90 Å². The lowest BCUT2D eigenvalue weighted by Crippen LogP contribution is -2.15. The minimum atomic E-state index is -3.81. The number of nitrogens with one attached hydrogen (secondary N) is 2. The zero-order chi connectivity index (χ0) is 18.9. The van der Waals surface area contributed by atoms with E-state index < -0.39 is 10.0 Å². The summed E-state index contributed by atoms with van der Waals surface area (Å²) in [5, 5.41) is 1.00. The zero-order valence-electron chi connectivity index (χ0n) is 14.4. The normalized spacial score (nSPS) is 11.4. The van der Waals surface area contributed by atoms with Crippen LogP contribution in [0.3, 0.4) is 0 Å². The van der Waals surface area contributed by atoms with Crippen molar-refractivity contribution in [1.29, 1.82) is 0 Å². The molecule has 2 aromatic heterocycles. The van der Waals surface area contributed by atoms with Gasteiger partial charge in [-0.1, -0.05) is 6.07 Å². The Kier molecular flexibility index (Phi) is 4.25. The number of hydrogen-bond acceptors (Lipinski definition) is 5. The minimum Gasteiger partial charge on any atom is -0.497 e. The fourth-order valence-corrected chi connectivity index (χ4v) is 3.78. The van der Waals surface area contributed by atoms with E-state index in [0.29, 0.717) is 11.4 Å². The first-order valence-corrected chi connectivity index (χ1v) is 9.60. The third-order valence-electron chi connectivity index (χ3n) is 4.13. The number of ether oxygens (including phenoxy) is 1. The van der Waals surface area contributed by atoms with E-state index in [4.69, 9.17) is 4.74 Å². The zero-order valence-corrected chi connectivity index (χ0v) is 15.2. The Labute approximate surface area is 156 Å². The fourth-order valence-electron chi connectivity index (χ4n) is 2.77. The molecule has 0 aliphatic rings. The summed E-state index contributed by atoms with van der Waals surface area (Å²) < 4.78 is 33.1. The number of methoxy groups -OCH3 is 1. The highest BCUT2D eigenvalue weighted by molar-refractivity contribution is 7.92. The molecule has 0 amide bonds. The second-order valence-electron chi connectivity index (χ2n) is 5.81. The van der Waals surface area contributed by atoms with Gasteiger partial charge in [0.25, 0.3) is 10.0 Å². The molecule has 0 radical (unpaired) electrons. The van der Waals surface area contributed by atoms with Crippen LogP contribution in [0, 0.1) is 0 Å². The van der Waals surface area contributed by atoms with Gasteiger partial charge in [-0.25, -0.2) is 13.4 Å². The average molecular weight is 380 g/mol. The third kappa shape index (κ3) is 3.34. The average Bonchev–Trinajstić information content (AvgIpc) is 3.16. The molecule has 0 spiro atoms. The first kappa shape index (κ1) is 17.0. The standard InChI is InChI=1S/C19H16N4O3S/c1-26-15-3-5-16(6-4-15)27(24,25)23-19-18(21-10-11-22-19)14-2-7-17-13(12-14)8-9-20-17/h2-12,20H,1H3,(H,22,23). The second kappa shape index (κ2) is 6.73. The molecule has 7 nitrogen and oxygen atoms in total. The van der Waals surface area contributed by atoms with Gasteiger partial charge in [0.15, 0.2) is 5.82 Å². The minimum absolute atomic E-state index is 0.112. The van der Waals surface area contributed by atoms with Crippen LogP contribution >= 0.6 is 0 Å². The Morgan fingerprint density at radius 3 is 2.56 bits per heavy atom. The van der Waals surface area contributed by atoms with E-state index in [9.17, 15) is 8.42 Å². The molecule has 0 aliphatic heterocycles. The molecule has 0 atom stereocenters. The van der Waals surface area contributed by atoms with E-state index >= 15 is 0 Å². The van der Waals surface area contributed by atoms with Gasteiger partial charge in [0.1, 0.15) is 11.4 Å². The molecule has 136 valence electrons. The van der Waals surface area contributed by atoms with Crippen molar-refractivity contribution >= 4 is 26.7 Å². The maximum absolute atomic E-state index is 12.7. The van der Waals surface area contributed by atoms with Gasteiger partial charge < -0.3 is 9.72 Å². The number of anilines is 1. The van der Waals surface area contributed by atoms with Gasteiger partial charge >= 0.3 is 0 Å². The summed E-state index contributed by atoms with van der Waals surface area (Å²) in [6, 6.07) is 13.8. The first-order valence-electron chi connectivity index (χ1n) is 8.12. The number of hydrogen-bond donors (Lipinski definition) is 2. The van der Waals surface area contributed by atoms with Crippen LogP contribution in [0.5, 0.6) is 5.75 Å². The van der Waals surface area contributed by atoms with Crippen LogP contribution in [0.15, 0.2) is 72.0 Å². The second-order valence-corrected chi connectivity index (χ2v) is 7.50. The molecule has 4 aromatic rings. The Hall–Kier alpha value is -3.39. The van der Waals surface area contributed by atoms with Gasteiger partial charge in [-0.3, -0.25) is 9.71 Å². The number of rotatable bonds is 5. The van der Waals surface area contributed by atoms with Gasteiger partial charge in [0, 0.05) is 35.1 Å². The van der Waals surface area contributed by atoms with Crippen molar-refractivity contribution in [3.05, 3.63) is 67.1 Å². The molecule has 2 aromatic carbocycles. The van der Waals surface area contributed by atoms with Gasteiger partial charge in [0.2, 0.25) is 0 Å². The monoisotopic (exact) mass is 380 g/mol. The van der Waals surface area contributed by atoms with Crippen LogP contribution in [0.2, 0.25) is 0 Å². The maximum Gasteiger partial charge on any atom is 0.263 e. The Bertz CT molecular complexity index is 1200. The summed E-state index contributed by atoms with van der Waals surface area (Å²) in [4.78, 5) is 11.7. The summed E-state index contributed by atoms with van der Waals surface area (Å²) in [5.74, 6) is 0.747. The largest absolute Gasteiger partial charge is 0.497 e. The molecule has 8 heteroatoms. The van der Waals surface area contributed by atoms with E-state index in [1.807, 2.05) is 30.5 Å². The molecule has 0 aliphatic carbocycles. The topological polar surface area (TPSA) is 97.0 Å². The van der Waals surface area contributed by atoms with E-state index in [0.717, 1.165) is 16.5 Å². The van der Waals surface area contributed by atoms with E-state index in [1.54, 1.807) is 12.1 Å². The van der Waals surface area contributed by atoms with Crippen molar-refractivity contribution in [3.8, 4) is 17.0 Å². The number of aromatic nitrogens is 3. The lowest BCUT2D eigenvalue weighted by molar-refractivity contribution is 0.414. The SMILES string of the molecule is COc1ccc(S(=O)(=O)Nc2nccnc2-c2ccc3[nH]ccc3c2)cc1. The third-order valence-corrected chi connectivity index (χ3v) is 5.48. The highest BCUT2D eigenvalue weighted by Gasteiger charge is 2.18. The van der Waals surface area contributed by atoms with Crippen molar-refractivity contribution in [3.63, 3.8) is 0 Å². The summed E-state index contributed by atoms with van der Waals surface area (Å²) in [6.07, 6.45) is 4.82. The molecule has 0 unspecified atom stereocenters. The molecule has 27 heavy (non-hydrogen) atoms. The Morgan fingerprint density at radius 2 is 1.78 bits per heavy atom. The lowest BCUT2D eigenvalue weighted by atomic mass is 10.1. The van der Waals surface area contributed by atoms with Crippen LogP contribution in [0.25, 0.3) is 22.2 Å². The van der Waals surface area contributed by atoms with Gasteiger partial charge in [0.05, 0.1) is 12.0 Å². The summed E-state index contributed by atoms with van der Waals surface area (Å²) in [5.41, 5.74) is 2.21. The molecule has 0 bridgehead atoms. The van der Waals surface area contributed by atoms with E-state index in [1.165, 1.54) is 31.6 Å². The lowest BCUT2D eigenvalue weighted by Gasteiger charge is -2.11. The van der Waals surface area contributed by atoms with Crippen LogP contribution in [0.4, 0.5) is 5.82 Å². The first-order chi connectivity index (χ1) is 13.1. The molecule has 0 fully saturated rings. The van der Waals surface area contributed by atoms with Crippen LogP contribution < -0.4 is 9.46 Å². The van der Waals surface area contributed by atoms with Crippen molar-refractivity contribution in [1.82, 2.24) is 15.0 Å². The summed E-state index contributed by atoms with van der Waals surface area (Å²) in [6.45, 7) is 0. The Morgan fingerprint density at radius 1 is 1.00 bits per heavy atom. The summed E-state index contributed by atoms with van der Waals surface area (Å²) >= 11 is 0. The summed E-state index contributed by atoms with van der Waals surface area (Å²) in [7, 11) is -2.29. The van der Waals surface area contributed by atoms with Crippen molar-refractivity contribution in [2.75, 3.05) is 11.8 Å². The number of fused-ring (bicyclic) bond motifs is 1. The molecule has 2 heterocycles. The number of H-pyrrole nitrogens is 1. The van der Waals surface area contributed by atoms with E-state index in [-0.39, 0.29) is 10.7 Å². The number of sulfonamides is 1. The highest BCUT2D eigenvalue weighted by atomic mass is 32.2. The molecular weight excluding hydrogens is 364 g/mol. The number of aromatic amines is 1. The molecule has 2 N–H and O–H groups in total. The molecule has 4 rings (SSSR count). The van der Waals surface area contributed by atoms with Gasteiger partial charge in [-0.05, 0) is 42.5 Å².